The molecule has 1 fully saturated rings. The van der Waals surface area contributed by atoms with E-state index in [9.17, 15) is 4.79 Å². The molecule has 1 aromatic carbocycles. The Bertz CT molecular complexity index is 647. The highest BCUT2D eigenvalue weighted by molar-refractivity contribution is 6.30. The van der Waals surface area contributed by atoms with Gasteiger partial charge in [-0.25, -0.2) is 4.68 Å². The van der Waals surface area contributed by atoms with Crippen molar-refractivity contribution < 1.29 is 9.90 Å². The predicted molar refractivity (Wildman–Crippen MR) is 81.1 cm³/mol. The number of aliphatic hydroxyl groups excluding tert-OH is 1. The number of nitrogens with one attached hydrogen (secondary N) is 1. The summed E-state index contributed by atoms with van der Waals surface area (Å²) in [7, 11) is 0. The van der Waals surface area contributed by atoms with Crippen LogP contribution >= 0.6 is 11.6 Å². The second-order valence-corrected chi connectivity index (χ2v) is 5.57. The number of aliphatic hydroxyl groups is 1. The highest BCUT2D eigenvalue weighted by Gasteiger charge is 2.30. The van der Waals surface area contributed by atoms with Gasteiger partial charge in [-0.05, 0) is 25.0 Å². The summed E-state index contributed by atoms with van der Waals surface area (Å²) in [5.74, 6) is 0.768. The van der Waals surface area contributed by atoms with E-state index in [2.05, 4.69) is 10.4 Å². The van der Waals surface area contributed by atoms with Crippen molar-refractivity contribution in [3.63, 3.8) is 0 Å². The number of hydrogen-bond donors (Lipinski definition) is 2. The lowest BCUT2D eigenvalue weighted by atomic mass is 10.1. The summed E-state index contributed by atoms with van der Waals surface area (Å²) in [5.41, 5.74) is 1.66. The summed E-state index contributed by atoms with van der Waals surface area (Å²) in [4.78, 5) is 11.9. The topological polar surface area (TPSA) is 67.2 Å². The Balaban J connectivity index is 1.87. The zero-order valence-corrected chi connectivity index (χ0v) is 12.2. The molecule has 5 nitrogen and oxygen atoms in total. The van der Waals surface area contributed by atoms with E-state index in [0.717, 1.165) is 24.1 Å². The number of halogens is 1. The maximum atomic E-state index is 11.9. The van der Waals surface area contributed by atoms with Crippen molar-refractivity contribution in [1.82, 2.24) is 9.78 Å². The zero-order valence-electron chi connectivity index (χ0n) is 11.4. The van der Waals surface area contributed by atoms with E-state index in [4.69, 9.17) is 16.7 Å². The summed E-state index contributed by atoms with van der Waals surface area (Å²) >= 11 is 5.88. The van der Waals surface area contributed by atoms with Crippen LogP contribution in [-0.4, -0.2) is 27.4 Å². The number of carbonyl (C=O) groups excluding carboxylic acids is 1. The van der Waals surface area contributed by atoms with Gasteiger partial charge >= 0.3 is 0 Å². The molecular weight excluding hydrogens is 290 g/mol. The Morgan fingerprint density at radius 1 is 1.38 bits per heavy atom. The van der Waals surface area contributed by atoms with Crippen molar-refractivity contribution in [2.45, 2.75) is 19.4 Å². The molecule has 0 atom stereocenters. The summed E-state index contributed by atoms with van der Waals surface area (Å²) < 4.78 is 1.62. The van der Waals surface area contributed by atoms with Gasteiger partial charge in [0.05, 0.1) is 18.8 Å². The first kappa shape index (κ1) is 14.1. The van der Waals surface area contributed by atoms with Crippen molar-refractivity contribution in [1.29, 1.82) is 0 Å². The lowest BCUT2D eigenvalue weighted by Gasteiger charge is -2.06. The Hall–Kier alpha value is -1.85. The third kappa shape index (κ3) is 3.25. The number of anilines is 1. The molecule has 0 spiro atoms. The Morgan fingerprint density at radius 2 is 2.10 bits per heavy atom. The van der Waals surface area contributed by atoms with Gasteiger partial charge in [-0.15, -0.1) is 0 Å². The van der Waals surface area contributed by atoms with Crippen LogP contribution < -0.4 is 5.32 Å². The molecule has 1 aromatic heterocycles. The van der Waals surface area contributed by atoms with Gasteiger partial charge < -0.3 is 10.4 Å². The smallest absolute Gasteiger partial charge is 0.228 e. The molecule has 6 heteroatoms. The van der Waals surface area contributed by atoms with Gasteiger partial charge in [0.25, 0.3) is 0 Å². The van der Waals surface area contributed by atoms with Crippen molar-refractivity contribution >= 4 is 23.3 Å². The van der Waals surface area contributed by atoms with Crippen LogP contribution in [0.1, 0.15) is 12.8 Å². The highest BCUT2D eigenvalue weighted by atomic mass is 35.5. The van der Waals surface area contributed by atoms with Gasteiger partial charge in [0.15, 0.2) is 0 Å². The molecule has 2 aromatic rings. The predicted octanol–water partition coefficient (Wildman–Crippen LogP) is 2.54. The summed E-state index contributed by atoms with van der Waals surface area (Å²) in [5, 5.41) is 17.1. The average Bonchev–Trinajstić information content (AvgIpc) is 3.25. The fourth-order valence-electron chi connectivity index (χ4n) is 2.12. The van der Waals surface area contributed by atoms with E-state index in [-0.39, 0.29) is 18.4 Å². The van der Waals surface area contributed by atoms with Crippen LogP contribution in [0.3, 0.4) is 0 Å². The maximum Gasteiger partial charge on any atom is 0.228 e. The van der Waals surface area contributed by atoms with Gasteiger partial charge in [-0.1, -0.05) is 23.7 Å². The number of aromatic nitrogens is 2. The van der Waals surface area contributed by atoms with Crippen molar-refractivity contribution in [2.24, 2.45) is 5.92 Å². The van der Waals surface area contributed by atoms with Gasteiger partial charge in [-0.3, -0.25) is 4.79 Å². The van der Waals surface area contributed by atoms with E-state index in [1.165, 1.54) is 0 Å². The fourth-order valence-corrected chi connectivity index (χ4v) is 2.24. The zero-order chi connectivity index (χ0) is 14.8. The molecular formula is C15H16ClN3O2. The minimum atomic E-state index is -0.0337. The number of amides is 1. The number of hydrogen-bond acceptors (Lipinski definition) is 3. The van der Waals surface area contributed by atoms with Crippen molar-refractivity contribution in [2.75, 3.05) is 11.9 Å². The second-order valence-electron chi connectivity index (χ2n) is 5.13. The number of rotatable bonds is 5. The molecule has 1 aliphatic rings. The molecule has 0 aliphatic heterocycles. The van der Waals surface area contributed by atoms with Crippen LogP contribution in [-0.2, 0) is 11.3 Å². The minimum Gasteiger partial charge on any atom is -0.394 e. The molecule has 2 N–H and O–H groups in total. The van der Waals surface area contributed by atoms with Crippen LogP contribution in [0, 0.1) is 5.92 Å². The SMILES string of the molecule is O=C(Nc1cc(-c2ccc(Cl)cc2)nn1CCO)C1CC1. The second kappa shape index (κ2) is 5.87. The molecule has 0 saturated heterocycles. The molecule has 1 amide bonds. The fraction of sp³-hybridized carbons (Fsp3) is 0.333. The molecule has 110 valence electrons. The van der Waals surface area contributed by atoms with Crippen LogP contribution in [0.4, 0.5) is 5.82 Å². The highest BCUT2D eigenvalue weighted by Crippen LogP contribution is 2.31. The van der Waals surface area contributed by atoms with Gasteiger partial charge in [0.1, 0.15) is 5.82 Å². The molecule has 0 bridgehead atoms. The average molecular weight is 306 g/mol. The van der Waals surface area contributed by atoms with Crippen LogP contribution in [0.25, 0.3) is 11.3 Å². The third-order valence-corrected chi connectivity index (χ3v) is 3.68. The Kier molecular flexibility index (Phi) is 3.94. The maximum absolute atomic E-state index is 11.9. The number of nitrogens with zero attached hydrogens (tertiary/aromatic N) is 2. The first-order valence-corrected chi connectivity index (χ1v) is 7.30. The molecule has 1 aliphatic carbocycles. The largest absolute Gasteiger partial charge is 0.394 e. The first-order chi connectivity index (χ1) is 10.2. The molecule has 0 radical (unpaired) electrons. The summed E-state index contributed by atoms with van der Waals surface area (Å²) in [6.45, 7) is 0.307. The lowest BCUT2D eigenvalue weighted by Crippen LogP contribution is -2.17. The van der Waals surface area contributed by atoms with E-state index in [1.807, 2.05) is 18.2 Å². The van der Waals surface area contributed by atoms with Crippen LogP contribution in [0.2, 0.25) is 5.02 Å². The monoisotopic (exact) mass is 305 g/mol. The van der Waals surface area contributed by atoms with Crippen LogP contribution in [0.5, 0.6) is 0 Å². The van der Waals surface area contributed by atoms with Gasteiger partial charge in [0.2, 0.25) is 5.91 Å². The minimum absolute atomic E-state index is 0.0248. The Morgan fingerprint density at radius 3 is 2.71 bits per heavy atom. The van der Waals surface area contributed by atoms with E-state index in [1.54, 1.807) is 16.8 Å². The van der Waals surface area contributed by atoms with Crippen molar-refractivity contribution in [3.8, 4) is 11.3 Å². The summed E-state index contributed by atoms with van der Waals surface area (Å²) in [6.07, 6.45) is 1.90. The molecule has 1 saturated carbocycles. The number of carbonyl (C=O) groups is 1. The lowest BCUT2D eigenvalue weighted by molar-refractivity contribution is -0.117. The number of benzene rings is 1. The quantitative estimate of drug-likeness (QED) is 0.892. The Labute approximate surface area is 127 Å². The van der Waals surface area contributed by atoms with E-state index in [0.29, 0.717) is 17.4 Å². The normalized spacial score (nSPS) is 14.2. The summed E-state index contributed by atoms with van der Waals surface area (Å²) in [6, 6.07) is 9.16. The van der Waals surface area contributed by atoms with Gasteiger partial charge in [0, 0.05) is 22.6 Å². The van der Waals surface area contributed by atoms with E-state index < -0.39 is 0 Å². The van der Waals surface area contributed by atoms with Crippen molar-refractivity contribution in [3.05, 3.63) is 35.4 Å². The first-order valence-electron chi connectivity index (χ1n) is 6.93. The third-order valence-electron chi connectivity index (χ3n) is 3.43. The molecule has 0 unspecified atom stereocenters. The molecule has 21 heavy (non-hydrogen) atoms. The van der Waals surface area contributed by atoms with Gasteiger partial charge in [-0.2, -0.15) is 5.10 Å². The molecule has 1 heterocycles. The van der Waals surface area contributed by atoms with Crippen LogP contribution in [0.15, 0.2) is 30.3 Å². The van der Waals surface area contributed by atoms with E-state index >= 15 is 0 Å². The standard InChI is InChI=1S/C15H16ClN3O2/c16-12-5-3-10(4-6-12)13-9-14(19(18-13)7-8-20)17-15(21)11-1-2-11/h3-6,9,11,20H,1-2,7-8H2,(H,17,21). The molecule has 3 rings (SSSR count).